The first-order chi connectivity index (χ1) is 9.78. The Balaban J connectivity index is 2.47. The van der Waals surface area contributed by atoms with E-state index in [9.17, 15) is 13.2 Å². The molecule has 118 valence electrons. The van der Waals surface area contributed by atoms with E-state index >= 15 is 0 Å². The van der Waals surface area contributed by atoms with E-state index < -0.39 is 16.0 Å². The Morgan fingerprint density at radius 2 is 2.10 bits per heavy atom. The molecule has 0 bridgehead atoms. The number of aryl methyl sites for hydroxylation is 1. The molecule has 1 aliphatic rings. The molecule has 0 atom stereocenters. The summed E-state index contributed by atoms with van der Waals surface area (Å²) < 4.78 is 32.3. The number of hydrogen-bond acceptors (Lipinski definition) is 5. The fraction of sp³-hybridized carbons (Fsp3) is 0.643. The number of methoxy groups -OCH3 is 1. The molecule has 1 fully saturated rings. The number of esters is 1. The number of hydrogen-bond donors (Lipinski definition) is 0. The number of ether oxygens (including phenoxy) is 1. The van der Waals surface area contributed by atoms with Crippen molar-refractivity contribution in [3.05, 3.63) is 15.8 Å². The van der Waals surface area contributed by atoms with Crippen molar-refractivity contribution >= 4 is 27.3 Å². The van der Waals surface area contributed by atoms with E-state index in [4.69, 9.17) is 4.74 Å². The van der Waals surface area contributed by atoms with Crippen molar-refractivity contribution in [1.82, 2.24) is 4.31 Å². The second-order valence-electron chi connectivity index (χ2n) is 5.77. The van der Waals surface area contributed by atoms with Gasteiger partial charge in [-0.1, -0.05) is 13.8 Å². The lowest BCUT2D eigenvalue weighted by atomic mass is 10.2. The smallest absolute Gasteiger partial charge is 0.349 e. The molecule has 2 rings (SSSR count). The number of carbonyl (C=O) groups is 1. The number of carbonyl (C=O) groups excluding carboxylic acids is 1. The maximum absolute atomic E-state index is 13.0. The summed E-state index contributed by atoms with van der Waals surface area (Å²) in [5.41, 5.74) is 0.606. The Kier molecular flexibility index (Phi) is 4.75. The van der Waals surface area contributed by atoms with Crippen LogP contribution in [0.5, 0.6) is 0 Å². The van der Waals surface area contributed by atoms with Gasteiger partial charge in [-0.05, 0) is 36.6 Å². The van der Waals surface area contributed by atoms with Gasteiger partial charge in [0.05, 0.1) is 7.11 Å². The molecule has 1 aliphatic carbocycles. The lowest BCUT2D eigenvalue weighted by Gasteiger charge is -2.24. The first-order valence-corrected chi connectivity index (χ1v) is 9.29. The van der Waals surface area contributed by atoms with Gasteiger partial charge in [0.15, 0.2) is 0 Å². The Hall–Kier alpha value is -0.920. The fourth-order valence-electron chi connectivity index (χ4n) is 2.27. The van der Waals surface area contributed by atoms with Crippen molar-refractivity contribution in [2.24, 2.45) is 5.92 Å². The molecule has 1 saturated carbocycles. The van der Waals surface area contributed by atoms with Crippen LogP contribution >= 0.6 is 11.3 Å². The third-order valence-electron chi connectivity index (χ3n) is 3.35. The Morgan fingerprint density at radius 3 is 2.57 bits per heavy atom. The molecule has 0 saturated heterocycles. The summed E-state index contributed by atoms with van der Waals surface area (Å²) in [5, 5.41) is 1.69. The molecule has 0 radical (unpaired) electrons. The first-order valence-electron chi connectivity index (χ1n) is 6.97. The molecule has 0 N–H and O–H groups in total. The van der Waals surface area contributed by atoms with Gasteiger partial charge in [0, 0.05) is 12.6 Å². The van der Waals surface area contributed by atoms with Crippen molar-refractivity contribution in [2.45, 2.75) is 44.6 Å². The maximum atomic E-state index is 13.0. The average molecular weight is 331 g/mol. The molecule has 7 heteroatoms. The van der Waals surface area contributed by atoms with Gasteiger partial charge in [-0.15, -0.1) is 11.3 Å². The summed E-state index contributed by atoms with van der Waals surface area (Å²) >= 11 is 1.12. The van der Waals surface area contributed by atoms with Crippen LogP contribution in [0, 0.1) is 12.8 Å². The van der Waals surface area contributed by atoms with Crippen LogP contribution in [0.15, 0.2) is 10.3 Å². The summed E-state index contributed by atoms with van der Waals surface area (Å²) in [4.78, 5) is 12.1. The van der Waals surface area contributed by atoms with E-state index in [1.165, 1.54) is 7.11 Å². The second-order valence-corrected chi connectivity index (χ2v) is 8.48. The molecule has 0 amide bonds. The molecule has 1 aromatic heterocycles. The van der Waals surface area contributed by atoms with Crippen LogP contribution in [-0.2, 0) is 14.8 Å². The van der Waals surface area contributed by atoms with Gasteiger partial charge in [0.2, 0.25) is 10.0 Å². The number of nitrogens with zero attached hydrogens (tertiary/aromatic N) is 1. The molecule has 1 aromatic rings. The highest BCUT2D eigenvalue weighted by atomic mass is 32.2. The predicted octanol–water partition coefficient (Wildman–Crippen LogP) is 2.65. The van der Waals surface area contributed by atoms with Gasteiger partial charge in [-0.25, -0.2) is 13.2 Å². The Labute approximate surface area is 130 Å². The quantitative estimate of drug-likeness (QED) is 0.752. The van der Waals surface area contributed by atoms with Gasteiger partial charge in [-0.3, -0.25) is 0 Å². The zero-order valence-electron chi connectivity index (χ0n) is 12.8. The van der Waals surface area contributed by atoms with E-state index in [0.29, 0.717) is 12.1 Å². The second kappa shape index (κ2) is 6.06. The molecule has 21 heavy (non-hydrogen) atoms. The topological polar surface area (TPSA) is 63.7 Å². The van der Waals surface area contributed by atoms with E-state index in [0.717, 1.165) is 24.2 Å². The third-order valence-corrected chi connectivity index (χ3v) is 6.67. The maximum Gasteiger partial charge on any atom is 0.349 e. The van der Waals surface area contributed by atoms with Crippen molar-refractivity contribution in [1.29, 1.82) is 0 Å². The summed E-state index contributed by atoms with van der Waals surface area (Å²) in [6, 6.07) is 0.0715. The van der Waals surface area contributed by atoms with Crippen molar-refractivity contribution < 1.29 is 17.9 Å². The summed E-state index contributed by atoms with van der Waals surface area (Å²) in [6.07, 6.45) is 1.78. The van der Waals surface area contributed by atoms with E-state index in [-0.39, 0.29) is 21.7 Å². The van der Waals surface area contributed by atoms with Crippen molar-refractivity contribution in [3.8, 4) is 0 Å². The van der Waals surface area contributed by atoms with Crippen LogP contribution in [0.3, 0.4) is 0 Å². The highest BCUT2D eigenvalue weighted by Crippen LogP contribution is 2.36. The number of rotatable bonds is 6. The zero-order chi connectivity index (χ0) is 15.8. The van der Waals surface area contributed by atoms with Gasteiger partial charge in [0.1, 0.15) is 9.77 Å². The largest absolute Gasteiger partial charge is 0.465 e. The first kappa shape index (κ1) is 16.5. The lowest BCUT2D eigenvalue weighted by molar-refractivity contribution is 0.0602. The summed E-state index contributed by atoms with van der Waals surface area (Å²) in [6.45, 7) is 6.18. The molecule has 0 aliphatic heterocycles. The van der Waals surface area contributed by atoms with Gasteiger partial charge in [-0.2, -0.15) is 4.31 Å². The van der Waals surface area contributed by atoms with E-state index in [1.807, 2.05) is 13.8 Å². The van der Waals surface area contributed by atoms with Gasteiger partial charge < -0.3 is 4.74 Å². The predicted molar refractivity (Wildman–Crippen MR) is 82.1 cm³/mol. The van der Waals surface area contributed by atoms with Crippen molar-refractivity contribution in [2.75, 3.05) is 13.7 Å². The highest BCUT2D eigenvalue weighted by Gasteiger charge is 2.41. The third kappa shape index (κ3) is 3.30. The minimum Gasteiger partial charge on any atom is -0.465 e. The van der Waals surface area contributed by atoms with Gasteiger partial charge >= 0.3 is 5.97 Å². The number of sulfonamides is 1. The highest BCUT2D eigenvalue weighted by molar-refractivity contribution is 7.89. The van der Waals surface area contributed by atoms with Crippen LogP contribution in [0.25, 0.3) is 0 Å². The average Bonchev–Trinajstić information content (AvgIpc) is 3.16. The van der Waals surface area contributed by atoms with E-state index in [1.54, 1.807) is 16.6 Å². The minimum atomic E-state index is -3.66. The molecule has 5 nitrogen and oxygen atoms in total. The van der Waals surface area contributed by atoms with Gasteiger partial charge in [0.25, 0.3) is 0 Å². The molecule has 0 spiro atoms. The normalized spacial score (nSPS) is 15.7. The monoisotopic (exact) mass is 331 g/mol. The van der Waals surface area contributed by atoms with Crippen LogP contribution in [0.2, 0.25) is 0 Å². The molecular formula is C14H21NO4S2. The van der Waals surface area contributed by atoms with E-state index in [2.05, 4.69) is 0 Å². The molecular weight excluding hydrogens is 310 g/mol. The molecule has 0 unspecified atom stereocenters. The van der Waals surface area contributed by atoms with Crippen LogP contribution in [0.4, 0.5) is 0 Å². The van der Waals surface area contributed by atoms with Crippen LogP contribution in [-0.4, -0.2) is 38.4 Å². The van der Waals surface area contributed by atoms with Crippen LogP contribution in [0.1, 0.15) is 41.9 Å². The standard InChI is InChI=1S/C14H21NO4S2/c1-9(2)7-15(11-5-6-11)21(17,18)13-10(3)8-20-12(13)14(16)19-4/h8-9,11H,5-7H2,1-4H3. The lowest BCUT2D eigenvalue weighted by Crippen LogP contribution is -2.36. The van der Waals surface area contributed by atoms with Crippen molar-refractivity contribution in [3.63, 3.8) is 0 Å². The Bertz CT molecular complexity index is 629. The Morgan fingerprint density at radius 1 is 1.48 bits per heavy atom. The summed E-state index contributed by atoms with van der Waals surface area (Å²) in [5.74, 6) is -0.354. The minimum absolute atomic E-state index is 0.0715. The zero-order valence-corrected chi connectivity index (χ0v) is 14.4. The number of thiophene rings is 1. The molecule has 0 aromatic carbocycles. The fourth-order valence-corrected chi connectivity index (χ4v) is 5.78. The molecule has 1 heterocycles. The summed E-state index contributed by atoms with van der Waals surface area (Å²) in [7, 11) is -2.40. The van der Waals surface area contributed by atoms with Crippen LogP contribution < -0.4 is 0 Å². The SMILES string of the molecule is COC(=O)c1scc(C)c1S(=O)(=O)N(CC(C)C)C1CC1.